The lowest BCUT2D eigenvalue weighted by atomic mass is 9.76. The van der Waals surface area contributed by atoms with Crippen molar-refractivity contribution in [2.45, 2.75) is 24.8 Å². The maximum Gasteiger partial charge on any atom is 0.205 e. The normalized spacial score (nSPS) is 23.8. The Morgan fingerprint density at radius 3 is 2.69 bits per heavy atom. The van der Waals surface area contributed by atoms with Crippen molar-refractivity contribution in [2.75, 3.05) is 5.32 Å². The van der Waals surface area contributed by atoms with Gasteiger partial charge in [0.15, 0.2) is 0 Å². The average molecular weight is 231 g/mol. The van der Waals surface area contributed by atoms with Crippen molar-refractivity contribution in [3.8, 4) is 0 Å². The molecule has 0 atom stereocenters. The van der Waals surface area contributed by atoms with Gasteiger partial charge in [0.1, 0.15) is 5.51 Å². The monoisotopic (exact) mass is 231 g/mol. The summed E-state index contributed by atoms with van der Waals surface area (Å²) in [6.07, 6.45) is 2.40. The molecule has 0 aliphatic heterocycles. The molecule has 1 aromatic heterocycles. The molecule has 1 N–H and O–H groups in total. The lowest BCUT2D eigenvalue weighted by molar-refractivity contribution is 0.374. The van der Waals surface area contributed by atoms with Gasteiger partial charge in [0.25, 0.3) is 0 Å². The van der Waals surface area contributed by atoms with Crippen molar-refractivity contribution in [3.63, 3.8) is 0 Å². The van der Waals surface area contributed by atoms with E-state index in [9.17, 15) is 0 Å². The van der Waals surface area contributed by atoms with Gasteiger partial charge in [0, 0.05) is 6.04 Å². The number of aromatic nitrogens is 2. The van der Waals surface area contributed by atoms with Crippen LogP contribution in [-0.2, 0) is 0 Å². The number of benzene rings is 1. The van der Waals surface area contributed by atoms with Crippen molar-refractivity contribution in [3.05, 3.63) is 41.4 Å². The number of hydrogen-bond acceptors (Lipinski definition) is 4. The predicted molar refractivity (Wildman–Crippen MR) is 65.7 cm³/mol. The van der Waals surface area contributed by atoms with E-state index in [2.05, 4.69) is 45.8 Å². The first-order chi connectivity index (χ1) is 7.92. The Balaban J connectivity index is 1.55. The van der Waals surface area contributed by atoms with Gasteiger partial charge in [-0.1, -0.05) is 41.7 Å². The first-order valence-corrected chi connectivity index (χ1v) is 6.37. The Kier molecular flexibility index (Phi) is 2.58. The van der Waals surface area contributed by atoms with Gasteiger partial charge < -0.3 is 5.32 Å². The van der Waals surface area contributed by atoms with E-state index in [4.69, 9.17) is 0 Å². The molecule has 1 fully saturated rings. The molecule has 4 heteroatoms. The van der Waals surface area contributed by atoms with Crippen molar-refractivity contribution in [1.29, 1.82) is 0 Å². The minimum atomic E-state index is 0.568. The van der Waals surface area contributed by atoms with E-state index >= 15 is 0 Å². The zero-order chi connectivity index (χ0) is 10.8. The lowest BCUT2D eigenvalue weighted by Gasteiger charge is -2.36. The van der Waals surface area contributed by atoms with E-state index < -0.39 is 0 Å². The largest absolute Gasteiger partial charge is 0.357 e. The fourth-order valence-corrected chi connectivity index (χ4v) is 2.67. The number of anilines is 1. The standard InChI is InChI=1S/C12H13N3S/c1-2-4-9(5-3-1)10-6-11(7-10)14-12-15-13-8-16-12/h1-5,8,10-11H,6-7H2,(H,14,15). The Morgan fingerprint density at radius 2 is 2.00 bits per heavy atom. The Hall–Kier alpha value is -1.42. The molecule has 0 unspecified atom stereocenters. The third-order valence-corrected chi connectivity index (χ3v) is 3.72. The molecule has 0 bridgehead atoms. The van der Waals surface area contributed by atoms with Crippen LogP contribution >= 0.6 is 11.3 Å². The highest BCUT2D eigenvalue weighted by Gasteiger charge is 2.30. The highest BCUT2D eigenvalue weighted by Crippen LogP contribution is 2.38. The number of rotatable bonds is 3. The van der Waals surface area contributed by atoms with Crippen LogP contribution in [0.1, 0.15) is 24.3 Å². The van der Waals surface area contributed by atoms with Crippen LogP contribution in [0, 0.1) is 0 Å². The summed E-state index contributed by atoms with van der Waals surface area (Å²) in [6.45, 7) is 0. The molecule has 1 aliphatic rings. The number of hydrogen-bond donors (Lipinski definition) is 1. The van der Waals surface area contributed by atoms with Gasteiger partial charge in [-0.05, 0) is 24.3 Å². The third-order valence-electron chi connectivity index (χ3n) is 3.10. The quantitative estimate of drug-likeness (QED) is 0.882. The van der Waals surface area contributed by atoms with Crippen LogP contribution in [0.5, 0.6) is 0 Å². The molecule has 1 aromatic carbocycles. The fraction of sp³-hybridized carbons (Fsp3) is 0.333. The van der Waals surface area contributed by atoms with Crippen LogP contribution in [0.4, 0.5) is 5.13 Å². The van der Waals surface area contributed by atoms with Gasteiger partial charge in [0.05, 0.1) is 0 Å². The second-order valence-electron chi connectivity index (χ2n) is 4.16. The van der Waals surface area contributed by atoms with E-state index in [-0.39, 0.29) is 0 Å². The fourth-order valence-electron chi connectivity index (χ4n) is 2.14. The van der Waals surface area contributed by atoms with E-state index in [1.807, 2.05) is 0 Å². The summed E-state index contributed by atoms with van der Waals surface area (Å²) in [7, 11) is 0. The second kappa shape index (κ2) is 4.22. The first kappa shape index (κ1) is 9.78. The topological polar surface area (TPSA) is 37.8 Å². The van der Waals surface area contributed by atoms with Crippen LogP contribution in [-0.4, -0.2) is 16.2 Å². The van der Waals surface area contributed by atoms with E-state index in [0.717, 1.165) is 5.13 Å². The minimum absolute atomic E-state index is 0.568. The summed E-state index contributed by atoms with van der Waals surface area (Å²) in [4.78, 5) is 0. The van der Waals surface area contributed by atoms with E-state index in [0.29, 0.717) is 12.0 Å². The van der Waals surface area contributed by atoms with Crippen LogP contribution in [0.2, 0.25) is 0 Å². The van der Waals surface area contributed by atoms with Crippen LogP contribution in [0.3, 0.4) is 0 Å². The molecule has 0 amide bonds. The van der Waals surface area contributed by atoms with Gasteiger partial charge in [-0.2, -0.15) is 0 Å². The van der Waals surface area contributed by atoms with Crippen molar-refractivity contribution in [1.82, 2.24) is 10.2 Å². The highest BCUT2D eigenvalue weighted by molar-refractivity contribution is 7.13. The molecule has 16 heavy (non-hydrogen) atoms. The zero-order valence-electron chi connectivity index (χ0n) is 8.84. The molecular formula is C12H13N3S. The lowest BCUT2D eigenvalue weighted by Crippen LogP contribution is -2.33. The zero-order valence-corrected chi connectivity index (χ0v) is 9.65. The molecule has 82 valence electrons. The summed E-state index contributed by atoms with van der Waals surface area (Å²) in [5.74, 6) is 0.714. The van der Waals surface area contributed by atoms with Crippen molar-refractivity contribution >= 4 is 16.5 Å². The van der Waals surface area contributed by atoms with Gasteiger partial charge in [-0.15, -0.1) is 10.2 Å². The average Bonchev–Trinajstić information content (AvgIpc) is 2.77. The van der Waals surface area contributed by atoms with Gasteiger partial charge in [-0.25, -0.2) is 0 Å². The first-order valence-electron chi connectivity index (χ1n) is 5.49. The second-order valence-corrected chi connectivity index (χ2v) is 5.00. The molecule has 2 aromatic rings. The molecule has 1 heterocycles. The molecular weight excluding hydrogens is 218 g/mol. The van der Waals surface area contributed by atoms with Gasteiger partial charge in [-0.3, -0.25) is 0 Å². The molecule has 1 aliphatic carbocycles. The van der Waals surface area contributed by atoms with Crippen molar-refractivity contribution in [2.24, 2.45) is 0 Å². The molecule has 0 spiro atoms. The minimum Gasteiger partial charge on any atom is -0.357 e. The highest BCUT2D eigenvalue weighted by atomic mass is 32.1. The maximum absolute atomic E-state index is 3.99. The number of nitrogens with one attached hydrogen (secondary N) is 1. The Labute approximate surface area is 98.5 Å². The van der Waals surface area contributed by atoms with E-state index in [1.54, 1.807) is 16.8 Å². The third kappa shape index (κ3) is 1.93. The van der Waals surface area contributed by atoms with Gasteiger partial charge in [0.2, 0.25) is 5.13 Å². The van der Waals surface area contributed by atoms with Crippen LogP contribution in [0.25, 0.3) is 0 Å². The van der Waals surface area contributed by atoms with Crippen LogP contribution < -0.4 is 5.32 Å². The Bertz CT molecular complexity index is 435. The molecule has 0 saturated heterocycles. The Morgan fingerprint density at radius 1 is 1.19 bits per heavy atom. The summed E-state index contributed by atoms with van der Waals surface area (Å²) >= 11 is 1.56. The summed E-state index contributed by atoms with van der Waals surface area (Å²) in [5.41, 5.74) is 3.22. The smallest absolute Gasteiger partial charge is 0.205 e. The van der Waals surface area contributed by atoms with E-state index in [1.165, 1.54) is 18.4 Å². The molecule has 0 radical (unpaired) electrons. The van der Waals surface area contributed by atoms with Gasteiger partial charge >= 0.3 is 0 Å². The summed E-state index contributed by atoms with van der Waals surface area (Å²) in [5, 5.41) is 12.2. The molecule has 3 nitrogen and oxygen atoms in total. The SMILES string of the molecule is c1ccc(C2CC(Nc3nncs3)C2)cc1. The van der Waals surface area contributed by atoms with Crippen LogP contribution in [0.15, 0.2) is 35.8 Å². The van der Waals surface area contributed by atoms with Crippen molar-refractivity contribution < 1.29 is 0 Å². The summed E-state index contributed by atoms with van der Waals surface area (Å²) in [6, 6.07) is 11.3. The maximum atomic E-state index is 3.99. The number of nitrogens with zero attached hydrogens (tertiary/aromatic N) is 2. The predicted octanol–water partition coefficient (Wildman–Crippen LogP) is 2.90. The summed E-state index contributed by atoms with van der Waals surface area (Å²) < 4.78 is 0. The molecule has 3 rings (SSSR count). The molecule has 1 saturated carbocycles.